The topological polar surface area (TPSA) is 75.7 Å². The highest BCUT2D eigenvalue weighted by Crippen LogP contribution is 2.35. The lowest BCUT2D eigenvalue weighted by molar-refractivity contribution is 0.0861. The predicted octanol–water partition coefficient (Wildman–Crippen LogP) is 1.81. The standard InChI is InChI=1S/C13H21NO3/c1-4-8(2)13(16)12(14)11-9(15)6-5-7-10(11)17-3/h5-8,12-13,15-16H,4,14H2,1-3H3/t8?,12-,13+/m0/s1. The summed E-state index contributed by atoms with van der Waals surface area (Å²) in [5, 5.41) is 19.9. The normalized spacial score (nSPS) is 16.3. The quantitative estimate of drug-likeness (QED) is 0.732. The molecule has 0 fully saturated rings. The summed E-state index contributed by atoms with van der Waals surface area (Å²) in [6, 6.07) is 4.29. The molecule has 1 rings (SSSR count). The van der Waals surface area contributed by atoms with Crippen LogP contribution in [0.2, 0.25) is 0 Å². The van der Waals surface area contributed by atoms with E-state index >= 15 is 0 Å². The minimum atomic E-state index is -0.706. The van der Waals surface area contributed by atoms with Crippen molar-refractivity contribution in [2.75, 3.05) is 7.11 Å². The van der Waals surface area contributed by atoms with Crippen LogP contribution in [-0.2, 0) is 0 Å². The Kier molecular flexibility index (Phi) is 4.78. The molecule has 0 amide bonds. The lowest BCUT2D eigenvalue weighted by Crippen LogP contribution is -2.31. The molecule has 3 atom stereocenters. The Balaban J connectivity index is 3.06. The van der Waals surface area contributed by atoms with Crippen LogP contribution < -0.4 is 10.5 Å². The molecule has 96 valence electrons. The van der Waals surface area contributed by atoms with Crippen molar-refractivity contribution < 1.29 is 14.9 Å². The zero-order valence-electron chi connectivity index (χ0n) is 10.6. The van der Waals surface area contributed by atoms with Crippen molar-refractivity contribution in [3.05, 3.63) is 23.8 Å². The fourth-order valence-electron chi connectivity index (χ4n) is 1.81. The number of hydrogen-bond acceptors (Lipinski definition) is 4. The average Bonchev–Trinajstić information content (AvgIpc) is 2.35. The predicted molar refractivity (Wildman–Crippen MR) is 67.0 cm³/mol. The largest absolute Gasteiger partial charge is 0.507 e. The van der Waals surface area contributed by atoms with Crippen molar-refractivity contribution in [2.24, 2.45) is 11.7 Å². The molecule has 0 bridgehead atoms. The molecule has 4 N–H and O–H groups in total. The molecule has 0 heterocycles. The lowest BCUT2D eigenvalue weighted by Gasteiger charge is -2.26. The van der Waals surface area contributed by atoms with Gasteiger partial charge in [0.25, 0.3) is 0 Å². The number of phenols is 1. The Morgan fingerprint density at radius 2 is 2.06 bits per heavy atom. The van der Waals surface area contributed by atoms with Crippen molar-refractivity contribution in [3.8, 4) is 11.5 Å². The van der Waals surface area contributed by atoms with Crippen LogP contribution >= 0.6 is 0 Å². The fourth-order valence-corrected chi connectivity index (χ4v) is 1.81. The third-order valence-corrected chi connectivity index (χ3v) is 3.19. The van der Waals surface area contributed by atoms with Crippen LogP contribution in [0.5, 0.6) is 11.5 Å². The molecule has 0 aliphatic rings. The molecule has 1 aromatic rings. The van der Waals surface area contributed by atoms with Gasteiger partial charge in [0.2, 0.25) is 0 Å². The van der Waals surface area contributed by atoms with E-state index in [0.29, 0.717) is 11.3 Å². The highest BCUT2D eigenvalue weighted by atomic mass is 16.5. The molecule has 0 aliphatic heterocycles. The van der Waals surface area contributed by atoms with Gasteiger partial charge >= 0.3 is 0 Å². The minimum absolute atomic E-state index is 0.0548. The minimum Gasteiger partial charge on any atom is -0.507 e. The zero-order valence-corrected chi connectivity index (χ0v) is 10.6. The smallest absolute Gasteiger partial charge is 0.127 e. The van der Waals surface area contributed by atoms with Crippen molar-refractivity contribution in [2.45, 2.75) is 32.4 Å². The van der Waals surface area contributed by atoms with Crippen LogP contribution in [0.3, 0.4) is 0 Å². The highest BCUT2D eigenvalue weighted by molar-refractivity contribution is 5.46. The van der Waals surface area contributed by atoms with Gasteiger partial charge in [0.1, 0.15) is 11.5 Å². The van der Waals surface area contributed by atoms with E-state index in [1.54, 1.807) is 18.2 Å². The number of ether oxygens (including phenoxy) is 1. The summed E-state index contributed by atoms with van der Waals surface area (Å²) in [5.74, 6) is 0.619. The molecule has 1 aromatic carbocycles. The number of aromatic hydroxyl groups is 1. The van der Waals surface area contributed by atoms with E-state index < -0.39 is 12.1 Å². The van der Waals surface area contributed by atoms with E-state index in [9.17, 15) is 10.2 Å². The van der Waals surface area contributed by atoms with Gasteiger partial charge in [-0.1, -0.05) is 26.3 Å². The van der Waals surface area contributed by atoms with Gasteiger partial charge in [0, 0.05) is 0 Å². The first-order valence-electron chi connectivity index (χ1n) is 5.82. The maximum Gasteiger partial charge on any atom is 0.127 e. The first-order valence-corrected chi connectivity index (χ1v) is 5.82. The van der Waals surface area contributed by atoms with Gasteiger partial charge in [-0.3, -0.25) is 0 Å². The van der Waals surface area contributed by atoms with Crippen LogP contribution in [0.15, 0.2) is 18.2 Å². The van der Waals surface area contributed by atoms with Crippen molar-refractivity contribution >= 4 is 0 Å². The van der Waals surface area contributed by atoms with Crippen molar-refractivity contribution in [1.29, 1.82) is 0 Å². The Morgan fingerprint density at radius 3 is 2.59 bits per heavy atom. The van der Waals surface area contributed by atoms with Gasteiger partial charge in [-0.2, -0.15) is 0 Å². The molecular weight excluding hydrogens is 218 g/mol. The SMILES string of the molecule is CCC(C)[C@@H](O)[C@@H](N)c1c(O)cccc1OC. The van der Waals surface area contributed by atoms with Gasteiger partial charge in [-0.05, 0) is 18.1 Å². The van der Waals surface area contributed by atoms with Crippen LogP contribution in [-0.4, -0.2) is 23.4 Å². The van der Waals surface area contributed by atoms with E-state index in [1.807, 2.05) is 13.8 Å². The van der Waals surface area contributed by atoms with E-state index in [2.05, 4.69) is 0 Å². The van der Waals surface area contributed by atoms with E-state index in [0.717, 1.165) is 6.42 Å². The summed E-state index contributed by atoms with van der Waals surface area (Å²) in [6.07, 6.45) is 0.118. The maximum atomic E-state index is 10.1. The first-order chi connectivity index (χ1) is 8.02. The number of aliphatic hydroxyl groups is 1. The molecule has 0 saturated heterocycles. The second-order valence-corrected chi connectivity index (χ2v) is 4.29. The molecule has 0 aliphatic carbocycles. The molecule has 0 radical (unpaired) electrons. The number of phenolic OH excluding ortho intramolecular Hbond substituents is 1. The summed E-state index contributed by atoms with van der Waals surface area (Å²) in [4.78, 5) is 0. The second-order valence-electron chi connectivity index (χ2n) is 4.29. The molecule has 0 spiro atoms. The van der Waals surface area contributed by atoms with E-state index in [-0.39, 0.29) is 11.7 Å². The summed E-state index contributed by atoms with van der Waals surface area (Å²) < 4.78 is 5.16. The Bertz CT molecular complexity index is 368. The van der Waals surface area contributed by atoms with Gasteiger partial charge < -0.3 is 20.7 Å². The van der Waals surface area contributed by atoms with Gasteiger partial charge in [0.15, 0.2) is 0 Å². The van der Waals surface area contributed by atoms with Crippen LogP contribution in [0.25, 0.3) is 0 Å². The molecule has 0 saturated carbocycles. The highest BCUT2D eigenvalue weighted by Gasteiger charge is 2.26. The Hall–Kier alpha value is -1.26. The molecule has 1 unspecified atom stereocenters. The molecule has 4 heteroatoms. The number of benzene rings is 1. The van der Waals surface area contributed by atoms with Gasteiger partial charge in [-0.25, -0.2) is 0 Å². The second kappa shape index (κ2) is 5.89. The first kappa shape index (κ1) is 13.8. The van der Waals surface area contributed by atoms with Crippen molar-refractivity contribution in [3.63, 3.8) is 0 Å². The Labute approximate surface area is 102 Å². The Morgan fingerprint density at radius 1 is 1.41 bits per heavy atom. The number of rotatable bonds is 5. The third kappa shape index (κ3) is 2.90. The monoisotopic (exact) mass is 239 g/mol. The maximum absolute atomic E-state index is 10.1. The van der Waals surface area contributed by atoms with E-state index in [4.69, 9.17) is 10.5 Å². The summed E-state index contributed by atoms with van der Waals surface area (Å²) in [7, 11) is 1.51. The third-order valence-electron chi connectivity index (χ3n) is 3.19. The summed E-state index contributed by atoms with van der Waals surface area (Å²) >= 11 is 0. The van der Waals surface area contributed by atoms with Gasteiger partial charge in [0.05, 0.1) is 24.8 Å². The molecule has 4 nitrogen and oxygen atoms in total. The van der Waals surface area contributed by atoms with Gasteiger partial charge in [-0.15, -0.1) is 0 Å². The number of nitrogens with two attached hydrogens (primary N) is 1. The van der Waals surface area contributed by atoms with Crippen molar-refractivity contribution in [1.82, 2.24) is 0 Å². The average molecular weight is 239 g/mol. The van der Waals surface area contributed by atoms with Crippen LogP contribution in [0, 0.1) is 5.92 Å². The molecule has 17 heavy (non-hydrogen) atoms. The number of aliphatic hydroxyl groups excluding tert-OH is 1. The summed E-state index contributed by atoms with van der Waals surface area (Å²) in [5.41, 5.74) is 6.46. The molecular formula is C13H21NO3. The lowest BCUT2D eigenvalue weighted by atomic mass is 9.90. The molecule has 0 aromatic heterocycles. The fraction of sp³-hybridized carbons (Fsp3) is 0.538. The van der Waals surface area contributed by atoms with Crippen LogP contribution in [0.1, 0.15) is 31.9 Å². The van der Waals surface area contributed by atoms with Crippen LogP contribution in [0.4, 0.5) is 0 Å². The summed E-state index contributed by atoms with van der Waals surface area (Å²) in [6.45, 7) is 3.92. The number of hydrogen-bond donors (Lipinski definition) is 3. The zero-order chi connectivity index (χ0) is 13.0. The number of methoxy groups -OCH3 is 1. The van der Waals surface area contributed by atoms with E-state index in [1.165, 1.54) is 7.11 Å².